The summed E-state index contributed by atoms with van der Waals surface area (Å²) in [5.41, 5.74) is 0. The molecule has 5 atom stereocenters. The van der Waals surface area contributed by atoms with Crippen LogP contribution in [0.25, 0.3) is 0 Å². The molecule has 2 aliphatic heterocycles. The molecule has 0 spiro atoms. The van der Waals surface area contributed by atoms with E-state index in [-0.39, 0.29) is 12.4 Å². The van der Waals surface area contributed by atoms with E-state index in [1.54, 1.807) is 4.90 Å². The van der Waals surface area contributed by atoms with Crippen molar-refractivity contribution >= 4 is 11.8 Å². The van der Waals surface area contributed by atoms with Crippen LogP contribution in [-0.2, 0) is 14.3 Å². The lowest BCUT2D eigenvalue weighted by Gasteiger charge is -2.37. The molecule has 9 heteroatoms. The molecule has 2 aliphatic rings. The van der Waals surface area contributed by atoms with Gasteiger partial charge in [-0.3, -0.25) is 14.5 Å². The smallest absolute Gasteiger partial charge is 0.328 e. The van der Waals surface area contributed by atoms with E-state index in [1.807, 2.05) is 0 Å². The van der Waals surface area contributed by atoms with Gasteiger partial charge in [0, 0.05) is 26.2 Å². The summed E-state index contributed by atoms with van der Waals surface area (Å²) >= 11 is 0. The Hall–Kier alpha value is -1.10. The van der Waals surface area contributed by atoms with E-state index in [0.29, 0.717) is 32.6 Å². The van der Waals surface area contributed by atoms with E-state index in [2.05, 4.69) is 4.90 Å². The lowest BCUT2D eigenvalue weighted by atomic mass is 10.0. The number of rotatable bonds is 8. The van der Waals surface area contributed by atoms with Gasteiger partial charge in [0.1, 0.15) is 18.3 Å². The predicted octanol–water partition coefficient (Wildman–Crippen LogP) is -2.09. The normalized spacial score (nSPS) is 32.6. The molecule has 0 saturated carbocycles. The summed E-state index contributed by atoms with van der Waals surface area (Å²) in [5, 5.41) is 37.9. The molecule has 4 N–H and O–H groups in total. The van der Waals surface area contributed by atoms with Crippen molar-refractivity contribution < 1.29 is 34.8 Å². The molecule has 5 unspecified atom stereocenters. The van der Waals surface area contributed by atoms with Gasteiger partial charge in [-0.25, -0.2) is 0 Å². The van der Waals surface area contributed by atoms with E-state index < -0.39 is 36.4 Å². The van der Waals surface area contributed by atoms with E-state index in [0.717, 1.165) is 13.0 Å². The molecule has 2 saturated heterocycles. The molecule has 0 aliphatic carbocycles. The van der Waals surface area contributed by atoms with Crippen LogP contribution in [0.15, 0.2) is 0 Å². The Morgan fingerprint density at radius 3 is 2.20 bits per heavy atom. The van der Waals surface area contributed by atoms with Gasteiger partial charge < -0.3 is 30.1 Å². The van der Waals surface area contributed by atoms with Crippen molar-refractivity contribution in [1.29, 1.82) is 0 Å². The van der Waals surface area contributed by atoms with Crippen LogP contribution < -0.4 is 0 Å². The summed E-state index contributed by atoms with van der Waals surface area (Å²) in [7, 11) is 0. The van der Waals surface area contributed by atoms with Gasteiger partial charge >= 0.3 is 5.97 Å². The lowest BCUT2D eigenvalue weighted by molar-refractivity contribution is -0.148. The van der Waals surface area contributed by atoms with Crippen LogP contribution in [0.5, 0.6) is 0 Å². The van der Waals surface area contributed by atoms with Crippen molar-refractivity contribution in [2.45, 2.75) is 50.2 Å². The molecule has 2 fully saturated rings. The summed E-state index contributed by atoms with van der Waals surface area (Å²) in [4.78, 5) is 26.5. The van der Waals surface area contributed by atoms with Crippen molar-refractivity contribution in [3.05, 3.63) is 0 Å². The third-order valence-electron chi connectivity index (χ3n) is 5.00. The van der Waals surface area contributed by atoms with Gasteiger partial charge in [0.15, 0.2) is 11.8 Å². The van der Waals surface area contributed by atoms with Crippen LogP contribution >= 0.6 is 0 Å². The van der Waals surface area contributed by atoms with Crippen LogP contribution in [0.4, 0.5) is 0 Å². The Morgan fingerprint density at radius 2 is 1.72 bits per heavy atom. The zero-order valence-corrected chi connectivity index (χ0v) is 14.5. The minimum atomic E-state index is -1.11. The minimum absolute atomic E-state index is 0.322. The van der Waals surface area contributed by atoms with E-state index in [4.69, 9.17) is 14.9 Å². The number of piperazine rings is 1. The lowest BCUT2D eigenvalue weighted by Crippen LogP contribution is -2.55. The average molecular weight is 360 g/mol. The zero-order valence-electron chi connectivity index (χ0n) is 14.5. The van der Waals surface area contributed by atoms with Gasteiger partial charge in [0.25, 0.3) is 0 Å². The maximum absolute atomic E-state index is 11.5. The average Bonchev–Trinajstić information content (AvgIpc) is 2.83. The minimum Gasteiger partial charge on any atom is -0.480 e. The molecule has 9 nitrogen and oxygen atoms in total. The second kappa shape index (κ2) is 9.02. The molecule has 2 heterocycles. The number of aliphatic hydroxyl groups excluding tert-OH is 3. The Bertz CT molecular complexity index is 453. The first-order chi connectivity index (χ1) is 11.8. The second-order valence-electron chi connectivity index (χ2n) is 6.75. The molecular weight excluding hydrogens is 332 g/mol. The number of carbonyl (C=O) groups is 2. The molecule has 0 radical (unpaired) electrons. The number of hydrogen-bond donors (Lipinski definition) is 4. The van der Waals surface area contributed by atoms with E-state index >= 15 is 0 Å². The second-order valence-corrected chi connectivity index (χ2v) is 6.75. The van der Waals surface area contributed by atoms with Crippen molar-refractivity contribution in [2.75, 3.05) is 39.3 Å². The maximum Gasteiger partial charge on any atom is 0.328 e. The fourth-order valence-corrected chi connectivity index (χ4v) is 3.56. The first-order valence-corrected chi connectivity index (χ1v) is 8.67. The molecule has 0 aromatic carbocycles. The largest absolute Gasteiger partial charge is 0.480 e. The molecule has 25 heavy (non-hydrogen) atoms. The highest BCUT2D eigenvalue weighted by molar-refractivity contribution is 6.01. The monoisotopic (exact) mass is 360 g/mol. The topological polar surface area (TPSA) is 131 Å². The van der Waals surface area contributed by atoms with Gasteiger partial charge in [0.2, 0.25) is 0 Å². The number of carboxylic acids is 1. The molecule has 144 valence electrons. The van der Waals surface area contributed by atoms with Gasteiger partial charge in [0.05, 0.1) is 12.7 Å². The quantitative estimate of drug-likeness (QED) is 0.360. The van der Waals surface area contributed by atoms with Gasteiger partial charge in [-0.15, -0.1) is 0 Å². The summed E-state index contributed by atoms with van der Waals surface area (Å²) < 4.78 is 5.45. The summed E-state index contributed by atoms with van der Waals surface area (Å²) in [6.45, 7) is 4.12. The first-order valence-electron chi connectivity index (χ1n) is 8.67. The predicted molar refractivity (Wildman–Crippen MR) is 87.1 cm³/mol. The number of Topliss-reactive ketones (excluding diaryl/α,β-unsaturated/α-hetero) is 1. The fraction of sp³-hybridized carbons (Fsp3) is 0.875. The fourth-order valence-electron chi connectivity index (χ4n) is 3.56. The molecule has 2 rings (SSSR count). The summed E-state index contributed by atoms with van der Waals surface area (Å²) in [6.07, 6.45) is -1.94. The first kappa shape index (κ1) is 20.2. The number of aliphatic hydroxyl groups is 3. The van der Waals surface area contributed by atoms with Crippen molar-refractivity contribution in [3.8, 4) is 0 Å². The van der Waals surface area contributed by atoms with E-state index in [9.17, 15) is 19.8 Å². The SMILES string of the molecule is CC(=O)C(C(=O)O)N1CCN(CCCC2OC(CO)C(O)C2O)CC1. The van der Waals surface area contributed by atoms with Crippen molar-refractivity contribution in [1.82, 2.24) is 9.80 Å². The summed E-state index contributed by atoms with van der Waals surface area (Å²) in [6, 6.07) is -1.07. The van der Waals surface area contributed by atoms with Crippen molar-refractivity contribution in [2.24, 2.45) is 0 Å². The molecule has 0 aromatic heterocycles. The Labute approximate surface area is 146 Å². The number of carboxylic acid groups (broad SMARTS) is 1. The van der Waals surface area contributed by atoms with Crippen LogP contribution in [0.2, 0.25) is 0 Å². The van der Waals surface area contributed by atoms with Gasteiger partial charge in [-0.2, -0.15) is 0 Å². The zero-order chi connectivity index (χ0) is 18.6. The molecule has 0 bridgehead atoms. The molecule has 0 aromatic rings. The standard InChI is InChI=1S/C16H28N2O7/c1-10(20)13(16(23)24)18-7-5-17(6-8-18)4-2-3-11-14(21)15(22)12(9-19)25-11/h11-15,19,21-22H,2-9H2,1H3,(H,23,24). The molecular formula is C16H28N2O7. The molecule has 0 amide bonds. The number of nitrogens with zero attached hydrogens (tertiary/aromatic N) is 2. The third-order valence-corrected chi connectivity index (χ3v) is 5.00. The highest BCUT2D eigenvalue weighted by atomic mass is 16.6. The van der Waals surface area contributed by atoms with Gasteiger partial charge in [-0.1, -0.05) is 0 Å². The Morgan fingerprint density at radius 1 is 1.12 bits per heavy atom. The van der Waals surface area contributed by atoms with E-state index in [1.165, 1.54) is 6.92 Å². The van der Waals surface area contributed by atoms with Crippen LogP contribution in [0.1, 0.15) is 19.8 Å². The van der Waals surface area contributed by atoms with Gasteiger partial charge in [-0.05, 0) is 26.3 Å². The highest BCUT2D eigenvalue weighted by Gasteiger charge is 2.41. The van der Waals surface area contributed by atoms with Crippen molar-refractivity contribution in [3.63, 3.8) is 0 Å². The highest BCUT2D eigenvalue weighted by Crippen LogP contribution is 2.24. The summed E-state index contributed by atoms with van der Waals surface area (Å²) in [5.74, 6) is -1.46. The number of ketones is 1. The maximum atomic E-state index is 11.5. The third kappa shape index (κ3) is 4.96. The number of hydrogen-bond acceptors (Lipinski definition) is 8. The number of ether oxygens (including phenoxy) is 1. The Balaban J connectivity index is 1.71. The number of aliphatic carboxylic acids is 1. The number of carbonyl (C=O) groups excluding carboxylic acids is 1. The van der Waals surface area contributed by atoms with Crippen LogP contribution in [0.3, 0.4) is 0 Å². The van der Waals surface area contributed by atoms with Crippen LogP contribution in [0, 0.1) is 0 Å². The van der Waals surface area contributed by atoms with Crippen LogP contribution in [-0.4, -0.2) is 112 Å². The Kier molecular flexibility index (Phi) is 7.29.